The zero-order chi connectivity index (χ0) is 12.5. The number of hydrogen-bond acceptors (Lipinski definition) is 3. The number of aromatic nitrogens is 2. The van der Waals surface area contributed by atoms with Gasteiger partial charge < -0.3 is 5.32 Å². The Kier molecular flexibility index (Phi) is 2.89. The maximum atomic E-state index is 4.52. The Balaban J connectivity index is 2.14. The smallest absolute Gasteiger partial charge is 0.0768 e. The standard InChI is InChI=1S/C14H15N3S/c1-15-8-10-7-13(17(2)16-10)12-9-18-14-6-4-3-5-11(12)14/h3-7,9,15H,8H2,1-2H3. The van der Waals surface area contributed by atoms with Crippen LogP contribution in [0.15, 0.2) is 35.7 Å². The highest BCUT2D eigenvalue weighted by Crippen LogP contribution is 2.33. The van der Waals surface area contributed by atoms with Crippen molar-refractivity contribution >= 4 is 21.4 Å². The van der Waals surface area contributed by atoms with Crippen molar-refractivity contribution in [1.82, 2.24) is 15.1 Å². The molecule has 92 valence electrons. The number of thiophene rings is 1. The van der Waals surface area contributed by atoms with Crippen molar-refractivity contribution in [2.75, 3.05) is 7.05 Å². The van der Waals surface area contributed by atoms with Crippen molar-refractivity contribution in [3.63, 3.8) is 0 Å². The minimum atomic E-state index is 0.801. The molecular formula is C14H15N3S. The van der Waals surface area contributed by atoms with Crippen LogP contribution in [-0.4, -0.2) is 16.8 Å². The summed E-state index contributed by atoms with van der Waals surface area (Å²) in [5, 5.41) is 11.2. The predicted molar refractivity (Wildman–Crippen MR) is 76.8 cm³/mol. The number of benzene rings is 1. The summed E-state index contributed by atoms with van der Waals surface area (Å²) in [5.41, 5.74) is 3.52. The first-order valence-corrected chi connectivity index (χ1v) is 6.81. The summed E-state index contributed by atoms with van der Waals surface area (Å²) < 4.78 is 3.28. The van der Waals surface area contributed by atoms with E-state index in [2.05, 4.69) is 46.1 Å². The van der Waals surface area contributed by atoms with Crippen LogP contribution in [-0.2, 0) is 13.6 Å². The molecule has 18 heavy (non-hydrogen) atoms. The third-order valence-electron chi connectivity index (χ3n) is 3.05. The molecule has 3 rings (SSSR count). The third-order valence-corrected chi connectivity index (χ3v) is 4.01. The molecule has 3 nitrogen and oxygen atoms in total. The molecule has 0 aliphatic rings. The number of fused-ring (bicyclic) bond motifs is 1. The lowest BCUT2D eigenvalue weighted by Gasteiger charge is -1.99. The first-order valence-electron chi connectivity index (χ1n) is 5.93. The number of aryl methyl sites for hydroxylation is 1. The monoisotopic (exact) mass is 257 g/mol. The molecule has 2 aromatic heterocycles. The highest BCUT2D eigenvalue weighted by Gasteiger charge is 2.11. The van der Waals surface area contributed by atoms with Crippen molar-refractivity contribution in [1.29, 1.82) is 0 Å². The van der Waals surface area contributed by atoms with E-state index in [4.69, 9.17) is 0 Å². The molecule has 0 atom stereocenters. The molecule has 3 aromatic rings. The molecular weight excluding hydrogens is 242 g/mol. The molecule has 2 heterocycles. The van der Waals surface area contributed by atoms with Crippen LogP contribution < -0.4 is 5.32 Å². The SMILES string of the molecule is CNCc1cc(-c2csc3ccccc23)n(C)n1. The van der Waals surface area contributed by atoms with Gasteiger partial charge in [0.2, 0.25) is 0 Å². The number of nitrogens with zero attached hydrogens (tertiary/aromatic N) is 2. The van der Waals surface area contributed by atoms with E-state index in [1.807, 2.05) is 18.8 Å². The van der Waals surface area contributed by atoms with Crippen molar-refractivity contribution in [2.45, 2.75) is 6.54 Å². The summed E-state index contributed by atoms with van der Waals surface area (Å²) in [6.07, 6.45) is 0. The fourth-order valence-electron chi connectivity index (χ4n) is 2.22. The van der Waals surface area contributed by atoms with Gasteiger partial charge in [-0.3, -0.25) is 4.68 Å². The molecule has 0 radical (unpaired) electrons. The topological polar surface area (TPSA) is 29.9 Å². The van der Waals surface area contributed by atoms with Crippen LogP contribution in [0, 0.1) is 0 Å². The third kappa shape index (κ3) is 1.83. The van der Waals surface area contributed by atoms with Gasteiger partial charge in [-0.25, -0.2) is 0 Å². The maximum absolute atomic E-state index is 4.52. The van der Waals surface area contributed by atoms with Gasteiger partial charge >= 0.3 is 0 Å². The van der Waals surface area contributed by atoms with Crippen LogP contribution in [0.25, 0.3) is 21.3 Å². The molecule has 0 bridgehead atoms. The largest absolute Gasteiger partial charge is 0.314 e. The fraction of sp³-hybridized carbons (Fsp3) is 0.214. The summed E-state index contributed by atoms with van der Waals surface area (Å²) in [7, 11) is 3.94. The predicted octanol–water partition coefficient (Wildman–Crippen LogP) is 3.02. The molecule has 0 fully saturated rings. The number of hydrogen-bond donors (Lipinski definition) is 1. The maximum Gasteiger partial charge on any atom is 0.0768 e. The molecule has 1 aromatic carbocycles. The van der Waals surface area contributed by atoms with Gasteiger partial charge in [0.1, 0.15) is 0 Å². The normalized spacial score (nSPS) is 11.2. The lowest BCUT2D eigenvalue weighted by atomic mass is 10.1. The highest BCUT2D eigenvalue weighted by molar-refractivity contribution is 7.17. The van der Waals surface area contributed by atoms with Crippen LogP contribution >= 0.6 is 11.3 Å². The van der Waals surface area contributed by atoms with Gasteiger partial charge in [-0.05, 0) is 19.2 Å². The summed E-state index contributed by atoms with van der Waals surface area (Å²) in [4.78, 5) is 0. The lowest BCUT2D eigenvalue weighted by Crippen LogP contribution is -2.05. The Morgan fingerprint density at radius 2 is 2.17 bits per heavy atom. The zero-order valence-electron chi connectivity index (χ0n) is 10.5. The molecule has 0 spiro atoms. The van der Waals surface area contributed by atoms with Gasteiger partial charge in [0.05, 0.1) is 11.4 Å². The highest BCUT2D eigenvalue weighted by atomic mass is 32.1. The van der Waals surface area contributed by atoms with E-state index in [-0.39, 0.29) is 0 Å². The van der Waals surface area contributed by atoms with Crippen LogP contribution in [0.2, 0.25) is 0 Å². The Bertz CT molecular complexity index is 681. The van der Waals surface area contributed by atoms with Gasteiger partial charge in [0.25, 0.3) is 0 Å². The van der Waals surface area contributed by atoms with E-state index in [1.54, 1.807) is 11.3 Å². The van der Waals surface area contributed by atoms with E-state index >= 15 is 0 Å². The van der Waals surface area contributed by atoms with E-state index in [9.17, 15) is 0 Å². The second-order valence-corrected chi connectivity index (χ2v) is 5.23. The molecule has 0 aliphatic heterocycles. The molecule has 0 amide bonds. The summed E-state index contributed by atoms with van der Waals surface area (Å²) in [5.74, 6) is 0. The fourth-order valence-corrected chi connectivity index (χ4v) is 3.18. The summed E-state index contributed by atoms with van der Waals surface area (Å²) >= 11 is 1.78. The number of rotatable bonds is 3. The molecule has 4 heteroatoms. The van der Waals surface area contributed by atoms with Crippen LogP contribution in [0.3, 0.4) is 0 Å². The van der Waals surface area contributed by atoms with E-state index in [0.717, 1.165) is 12.2 Å². The van der Waals surface area contributed by atoms with Crippen molar-refractivity contribution < 1.29 is 0 Å². The van der Waals surface area contributed by atoms with Gasteiger partial charge in [0, 0.05) is 34.6 Å². The van der Waals surface area contributed by atoms with E-state index in [1.165, 1.54) is 21.3 Å². The van der Waals surface area contributed by atoms with Crippen molar-refractivity contribution in [3.05, 3.63) is 41.4 Å². The quantitative estimate of drug-likeness (QED) is 0.781. The number of nitrogens with one attached hydrogen (secondary N) is 1. The first kappa shape index (κ1) is 11.4. The summed E-state index contributed by atoms with van der Waals surface area (Å²) in [6.45, 7) is 0.801. The van der Waals surface area contributed by atoms with Crippen molar-refractivity contribution in [2.24, 2.45) is 7.05 Å². The minimum Gasteiger partial charge on any atom is -0.314 e. The molecule has 0 unspecified atom stereocenters. The van der Waals surface area contributed by atoms with Gasteiger partial charge in [-0.2, -0.15) is 5.10 Å². The molecule has 1 N–H and O–H groups in total. The average Bonchev–Trinajstić information content (AvgIpc) is 2.93. The van der Waals surface area contributed by atoms with Crippen LogP contribution in [0.5, 0.6) is 0 Å². The Hall–Kier alpha value is -1.65. The van der Waals surface area contributed by atoms with E-state index < -0.39 is 0 Å². The Labute approximate surface area is 110 Å². The van der Waals surface area contributed by atoms with Gasteiger partial charge in [-0.15, -0.1) is 11.3 Å². The molecule has 0 saturated heterocycles. The van der Waals surface area contributed by atoms with Gasteiger partial charge in [0.15, 0.2) is 0 Å². The van der Waals surface area contributed by atoms with E-state index in [0.29, 0.717) is 0 Å². The second kappa shape index (κ2) is 4.55. The minimum absolute atomic E-state index is 0.801. The first-order chi connectivity index (χ1) is 8.79. The lowest BCUT2D eigenvalue weighted by molar-refractivity contribution is 0.716. The summed E-state index contributed by atoms with van der Waals surface area (Å²) in [6, 6.07) is 10.7. The average molecular weight is 257 g/mol. The van der Waals surface area contributed by atoms with Crippen LogP contribution in [0.1, 0.15) is 5.69 Å². The Morgan fingerprint density at radius 3 is 3.00 bits per heavy atom. The molecule has 0 aliphatic carbocycles. The Morgan fingerprint density at radius 1 is 1.33 bits per heavy atom. The molecule has 0 saturated carbocycles. The van der Waals surface area contributed by atoms with Crippen molar-refractivity contribution in [3.8, 4) is 11.3 Å². The van der Waals surface area contributed by atoms with Gasteiger partial charge in [-0.1, -0.05) is 18.2 Å². The zero-order valence-corrected chi connectivity index (χ0v) is 11.3. The second-order valence-electron chi connectivity index (χ2n) is 4.32. The van der Waals surface area contributed by atoms with Crippen LogP contribution in [0.4, 0.5) is 0 Å².